The minimum absolute atomic E-state index is 0.158. The second kappa shape index (κ2) is 5.50. The number of Topliss-reactive ketones (excluding diaryl/α,β-unsaturated/α-hetero) is 1. The van der Waals surface area contributed by atoms with E-state index >= 15 is 0 Å². The molecule has 5 nitrogen and oxygen atoms in total. The highest BCUT2D eigenvalue weighted by Crippen LogP contribution is 2.31. The van der Waals surface area contributed by atoms with Crippen molar-refractivity contribution in [3.05, 3.63) is 34.3 Å². The summed E-state index contributed by atoms with van der Waals surface area (Å²) in [4.78, 5) is 38.0. The number of benzene rings is 1. The Morgan fingerprint density at radius 1 is 1.32 bits per heavy atom. The van der Waals surface area contributed by atoms with Gasteiger partial charge in [-0.15, -0.1) is 0 Å². The summed E-state index contributed by atoms with van der Waals surface area (Å²) in [5.74, 6) is -0.567. The molecule has 1 aliphatic rings. The van der Waals surface area contributed by atoms with Crippen molar-refractivity contribution in [2.45, 2.75) is 33.2 Å². The van der Waals surface area contributed by atoms with Crippen LogP contribution in [-0.4, -0.2) is 29.2 Å². The first-order valence-electron chi connectivity index (χ1n) is 6.99. The molecule has 2 rings (SSSR count). The molecule has 0 saturated carbocycles. The topological polar surface area (TPSA) is 66.5 Å². The van der Waals surface area contributed by atoms with Crippen LogP contribution in [0.4, 0.5) is 4.79 Å². The number of carbonyl (C=O) groups excluding carboxylic acids is 3. The molecule has 3 amide bonds. The van der Waals surface area contributed by atoms with Crippen LogP contribution < -0.4 is 5.32 Å². The average Bonchev–Trinajstić information content (AvgIpc) is 2.62. The maximum absolute atomic E-state index is 12.7. The summed E-state index contributed by atoms with van der Waals surface area (Å²) < 4.78 is 0.817. The Hall–Kier alpha value is -1.69. The quantitative estimate of drug-likeness (QED) is 0.836. The molecular weight excluding hydrogens is 348 g/mol. The summed E-state index contributed by atoms with van der Waals surface area (Å²) >= 11 is 3.36. The lowest BCUT2D eigenvalue weighted by Gasteiger charge is -2.23. The predicted octanol–water partition coefficient (Wildman–Crippen LogP) is 2.83. The van der Waals surface area contributed by atoms with E-state index < -0.39 is 22.9 Å². The van der Waals surface area contributed by atoms with Crippen molar-refractivity contribution in [3.8, 4) is 0 Å². The van der Waals surface area contributed by atoms with Gasteiger partial charge < -0.3 is 5.32 Å². The van der Waals surface area contributed by atoms with Gasteiger partial charge in [0.2, 0.25) is 0 Å². The van der Waals surface area contributed by atoms with Gasteiger partial charge in [0.15, 0.2) is 5.78 Å². The van der Waals surface area contributed by atoms with E-state index in [4.69, 9.17) is 0 Å². The van der Waals surface area contributed by atoms with Gasteiger partial charge in [-0.25, -0.2) is 4.79 Å². The van der Waals surface area contributed by atoms with Crippen LogP contribution in [0.25, 0.3) is 0 Å². The number of hydrogen-bond acceptors (Lipinski definition) is 3. The van der Waals surface area contributed by atoms with E-state index in [1.54, 1.807) is 45.9 Å². The molecule has 0 spiro atoms. The molecule has 1 fully saturated rings. The van der Waals surface area contributed by atoms with Crippen LogP contribution in [-0.2, 0) is 15.1 Å². The van der Waals surface area contributed by atoms with Crippen LogP contribution in [0.3, 0.4) is 0 Å². The molecule has 1 aromatic rings. The van der Waals surface area contributed by atoms with Gasteiger partial charge in [-0.05, 0) is 24.6 Å². The number of nitrogens with zero attached hydrogens (tertiary/aromatic N) is 1. The molecule has 22 heavy (non-hydrogen) atoms. The molecule has 0 bridgehead atoms. The molecule has 1 atom stereocenters. The van der Waals surface area contributed by atoms with Gasteiger partial charge in [0.25, 0.3) is 5.91 Å². The summed E-state index contributed by atoms with van der Waals surface area (Å²) in [6.07, 6.45) is 0. The fourth-order valence-corrected chi connectivity index (χ4v) is 2.62. The first-order valence-corrected chi connectivity index (χ1v) is 7.78. The SMILES string of the molecule is CC(C)(C)C(=O)CN1C(=O)NC(C)(c2cccc(Br)c2)C1=O. The smallest absolute Gasteiger partial charge is 0.319 e. The number of imide groups is 1. The third-order valence-electron chi connectivity index (χ3n) is 3.82. The van der Waals surface area contributed by atoms with Gasteiger partial charge in [0, 0.05) is 9.89 Å². The highest BCUT2D eigenvalue weighted by molar-refractivity contribution is 9.10. The minimum atomic E-state index is -1.15. The number of carbonyl (C=O) groups is 3. The highest BCUT2D eigenvalue weighted by Gasteiger charge is 2.49. The standard InChI is InChI=1S/C16H19BrN2O3/c1-15(2,3)12(20)9-19-13(21)16(4,18-14(19)22)10-6-5-7-11(17)8-10/h5-8H,9H2,1-4H3,(H,18,22). The maximum atomic E-state index is 12.7. The molecule has 1 heterocycles. The number of urea groups is 1. The predicted molar refractivity (Wildman–Crippen MR) is 86.2 cm³/mol. The van der Waals surface area contributed by atoms with Crippen LogP contribution in [0.15, 0.2) is 28.7 Å². The fraction of sp³-hybridized carbons (Fsp3) is 0.438. The zero-order chi connectivity index (χ0) is 16.7. The van der Waals surface area contributed by atoms with Crippen molar-refractivity contribution in [1.82, 2.24) is 10.2 Å². The molecule has 0 radical (unpaired) electrons. The lowest BCUT2D eigenvalue weighted by atomic mass is 9.89. The third kappa shape index (κ3) is 2.92. The van der Waals surface area contributed by atoms with Crippen molar-refractivity contribution in [3.63, 3.8) is 0 Å². The number of ketones is 1. The van der Waals surface area contributed by atoms with Gasteiger partial charge >= 0.3 is 6.03 Å². The molecule has 1 N–H and O–H groups in total. The van der Waals surface area contributed by atoms with Gasteiger partial charge in [0.05, 0.1) is 6.54 Å². The van der Waals surface area contributed by atoms with Crippen molar-refractivity contribution < 1.29 is 14.4 Å². The molecule has 1 aliphatic heterocycles. The highest BCUT2D eigenvalue weighted by atomic mass is 79.9. The molecule has 118 valence electrons. The summed E-state index contributed by atoms with van der Waals surface area (Å²) in [6.45, 7) is 6.73. The molecule has 0 aromatic heterocycles. The monoisotopic (exact) mass is 366 g/mol. The normalized spacial score (nSPS) is 22.0. The fourth-order valence-electron chi connectivity index (χ4n) is 2.22. The van der Waals surface area contributed by atoms with E-state index in [0.29, 0.717) is 5.56 Å². The van der Waals surface area contributed by atoms with E-state index in [-0.39, 0.29) is 12.3 Å². The third-order valence-corrected chi connectivity index (χ3v) is 4.31. The molecule has 1 unspecified atom stereocenters. The van der Waals surface area contributed by atoms with Gasteiger partial charge in [-0.3, -0.25) is 14.5 Å². The summed E-state index contributed by atoms with van der Waals surface area (Å²) in [6, 6.07) is 6.66. The lowest BCUT2D eigenvalue weighted by molar-refractivity contribution is -0.136. The van der Waals surface area contributed by atoms with Gasteiger partial charge in [0.1, 0.15) is 5.54 Å². The number of halogens is 1. The second-order valence-corrected chi connectivity index (χ2v) is 7.55. The van der Waals surface area contributed by atoms with Gasteiger partial charge in [-0.2, -0.15) is 0 Å². The van der Waals surface area contributed by atoms with Crippen molar-refractivity contribution in [2.75, 3.05) is 6.54 Å². The Kier molecular flexibility index (Phi) is 4.17. The zero-order valence-electron chi connectivity index (χ0n) is 13.1. The van der Waals surface area contributed by atoms with Gasteiger partial charge in [-0.1, -0.05) is 48.8 Å². The van der Waals surface area contributed by atoms with E-state index in [1.165, 1.54) is 0 Å². The Bertz CT molecular complexity index is 651. The number of rotatable bonds is 3. The van der Waals surface area contributed by atoms with E-state index in [0.717, 1.165) is 9.37 Å². The molecule has 1 saturated heterocycles. The van der Waals surface area contributed by atoms with Crippen LogP contribution in [0.1, 0.15) is 33.3 Å². The second-order valence-electron chi connectivity index (χ2n) is 6.63. The van der Waals surface area contributed by atoms with Crippen molar-refractivity contribution >= 4 is 33.7 Å². The van der Waals surface area contributed by atoms with E-state index in [1.807, 2.05) is 6.07 Å². The molecule has 6 heteroatoms. The first-order chi connectivity index (χ1) is 10.1. The van der Waals surface area contributed by atoms with Crippen LogP contribution in [0, 0.1) is 5.41 Å². The first kappa shape index (κ1) is 16.7. The summed E-state index contributed by atoms with van der Waals surface area (Å²) in [5, 5.41) is 2.69. The maximum Gasteiger partial charge on any atom is 0.325 e. The molecular formula is C16H19BrN2O3. The average molecular weight is 367 g/mol. The van der Waals surface area contributed by atoms with Crippen LogP contribution in [0.2, 0.25) is 0 Å². The summed E-state index contributed by atoms with van der Waals surface area (Å²) in [5.41, 5.74) is -1.08. The summed E-state index contributed by atoms with van der Waals surface area (Å²) in [7, 11) is 0. The van der Waals surface area contributed by atoms with Crippen molar-refractivity contribution in [2.24, 2.45) is 5.41 Å². The minimum Gasteiger partial charge on any atom is -0.319 e. The van der Waals surface area contributed by atoms with Crippen LogP contribution in [0.5, 0.6) is 0 Å². The Morgan fingerprint density at radius 3 is 2.50 bits per heavy atom. The zero-order valence-corrected chi connectivity index (χ0v) is 14.7. The molecule has 0 aliphatic carbocycles. The van der Waals surface area contributed by atoms with Crippen LogP contribution >= 0.6 is 15.9 Å². The van der Waals surface area contributed by atoms with E-state index in [2.05, 4.69) is 21.2 Å². The lowest BCUT2D eigenvalue weighted by Crippen LogP contribution is -2.42. The Labute approximate surface area is 138 Å². The number of amides is 3. The Morgan fingerprint density at radius 2 is 1.95 bits per heavy atom. The largest absolute Gasteiger partial charge is 0.325 e. The number of nitrogens with one attached hydrogen (secondary N) is 1. The number of hydrogen-bond donors (Lipinski definition) is 1. The van der Waals surface area contributed by atoms with E-state index in [9.17, 15) is 14.4 Å². The molecule has 1 aromatic carbocycles. The van der Waals surface area contributed by atoms with Crippen molar-refractivity contribution in [1.29, 1.82) is 0 Å². The Balaban J connectivity index is 2.30.